The molecule has 2 aromatic carbocycles. The lowest BCUT2D eigenvalue weighted by molar-refractivity contribution is -0.131. The summed E-state index contributed by atoms with van der Waals surface area (Å²) in [4.78, 5) is 26.8. The Balaban J connectivity index is 0.00000261. The Kier molecular flexibility index (Phi) is 8.64. The Hall–Kier alpha value is -1.53. The summed E-state index contributed by atoms with van der Waals surface area (Å²) < 4.78 is 0. The van der Waals surface area contributed by atoms with Gasteiger partial charge in [-0.2, -0.15) is 0 Å². The minimum Gasteiger partial charge on any atom is -0.332 e. The van der Waals surface area contributed by atoms with Crippen molar-refractivity contribution in [3.63, 3.8) is 0 Å². The Morgan fingerprint density at radius 2 is 1.89 bits per heavy atom. The summed E-state index contributed by atoms with van der Waals surface area (Å²) in [5.74, 6) is 0.719. The molecule has 7 heteroatoms. The van der Waals surface area contributed by atoms with E-state index in [2.05, 4.69) is 5.32 Å². The maximum atomic E-state index is 12.7. The zero-order chi connectivity index (χ0) is 18.4. The largest absolute Gasteiger partial charge is 0.332 e. The van der Waals surface area contributed by atoms with Crippen LogP contribution >= 0.6 is 35.8 Å². The highest BCUT2D eigenvalue weighted by Crippen LogP contribution is 2.25. The van der Waals surface area contributed by atoms with Crippen molar-refractivity contribution in [1.29, 1.82) is 0 Å². The SMILES string of the molecule is Cl.O=C(CSCC(=O)N1CCNCC1c1cccc(Cl)c1)c1ccccc1. The summed E-state index contributed by atoms with van der Waals surface area (Å²) in [5.41, 5.74) is 1.72. The van der Waals surface area contributed by atoms with Gasteiger partial charge >= 0.3 is 0 Å². The highest BCUT2D eigenvalue weighted by molar-refractivity contribution is 8.00. The molecule has 1 aliphatic heterocycles. The van der Waals surface area contributed by atoms with Crippen LogP contribution in [0.2, 0.25) is 5.02 Å². The molecule has 1 amide bonds. The molecule has 1 unspecified atom stereocenters. The van der Waals surface area contributed by atoms with Crippen molar-refractivity contribution < 1.29 is 9.59 Å². The molecule has 0 spiro atoms. The van der Waals surface area contributed by atoms with Crippen molar-refractivity contribution >= 4 is 47.5 Å². The molecule has 4 nitrogen and oxygen atoms in total. The minimum absolute atomic E-state index is 0. The molecule has 1 atom stereocenters. The highest BCUT2D eigenvalue weighted by Gasteiger charge is 2.27. The molecule has 0 aliphatic carbocycles. The number of benzene rings is 2. The smallest absolute Gasteiger partial charge is 0.233 e. The van der Waals surface area contributed by atoms with E-state index in [1.807, 2.05) is 47.4 Å². The van der Waals surface area contributed by atoms with Crippen LogP contribution in [0.25, 0.3) is 0 Å². The first-order valence-corrected chi connectivity index (χ1v) is 10.1. The topological polar surface area (TPSA) is 49.4 Å². The number of thioether (sulfide) groups is 1. The van der Waals surface area contributed by atoms with Crippen LogP contribution < -0.4 is 5.32 Å². The molecule has 27 heavy (non-hydrogen) atoms. The number of carbonyl (C=O) groups excluding carboxylic acids is 2. The number of hydrogen-bond donors (Lipinski definition) is 1. The number of Topliss-reactive ketones (excluding diaryl/α,β-unsaturated/α-hetero) is 1. The van der Waals surface area contributed by atoms with Gasteiger partial charge < -0.3 is 10.2 Å². The van der Waals surface area contributed by atoms with Crippen LogP contribution in [0, 0.1) is 0 Å². The predicted octanol–water partition coefficient (Wildman–Crippen LogP) is 3.85. The average molecular weight is 425 g/mol. The van der Waals surface area contributed by atoms with Crippen molar-refractivity contribution in [1.82, 2.24) is 10.2 Å². The second kappa shape index (κ2) is 10.7. The van der Waals surface area contributed by atoms with Crippen LogP contribution in [-0.2, 0) is 4.79 Å². The van der Waals surface area contributed by atoms with Gasteiger partial charge in [0.2, 0.25) is 5.91 Å². The predicted molar refractivity (Wildman–Crippen MR) is 114 cm³/mol. The maximum absolute atomic E-state index is 12.7. The van der Waals surface area contributed by atoms with Crippen LogP contribution in [0.1, 0.15) is 22.0 Å². The number of carbonyl (C=O) groups is 2. The number of piperazine rings is 1. The number of hydrogen-bond acceptors (Lipinski definition) is 4. The van der Waals surface area contributed by atoms with Gasteiger partial charge in [-0.05, 0) is 17.7 Å². The van der Waals surface area contributed by atoms with Gasteiger partial charge in [0.15, 0.2) is 5.78 Å². The summed E-state index contributed by atoms with van der Waals surface area (Å²) in [6, 6.07) is 16.8. The fourth-order valence-corrected chi connectivity index (χ4v) is 4.03. The van der Waals surface area contributed by atoms with Crippen molar-refractivity contribution in [2.24, 2.45) is 0 Å². The number of halogens is 2. The first-order chi connectivity index (χ1) is 12.6. The lowest BCUT2D eigenvalue weighted by atomic mass is 10.0. The first kappa shape index (κ1) is 21.8. The van der Waals surface area contributed by atoms with E-state index < -0.39 is 0 Å². The molecular weight excluding hydrogens is 403 g/mol. The van der Waals surface area contributed by atoms with Gasteiger partial charge in [-0.25, -0.2) is 0 Å². The number of nitrogens with zero attached hydrogens (tertiary/aromatic N) is 1. The summed E-state index contributed by atoms with van der Waals surface area (Å²) in [6.45, 7) is 2.14. The maximum Gasteiger partial charge on any atom is 0.233 e. The van der Waals surface area contributed by atoms with Gasteiger partial charge in [-0.3, -0.25) is 9.59 Å². The average Bonchev–Trinajstić information content (AvgIpc) is 2.68. The summed E-state index contributed by atoms with van der Waals surface area (Å²) in [6.07, 6.45) is 0. The van der Waals surface area contributed by atoms with E-state index in [0.29, 0.717) is 35.2 Å². The van der Waals surface area contributed by atoms with Gasteiger partial charge in [0.05, 0.1) is 17.5 Å². The van der Waals surface area contributed by atoms with Gasteiger partial charge in [0.1, 0.15) is 0 Å². The van der Waals surface area contributed by atoms with Gasteiger partial charge in [-0.1, -0.05) is 54.1 Å². The molecule has 1 fully saturated rings. The molecule has 0 radical (unpaired) electrons. The second-order valence-corrected chi connectivity index (χ2v) is 7.57. The third-order valence-electron chi connectivity index (χ3n) is 4.35. The fourth-order valence-electron chi connectivity index (χ4n) is 3.04. The molecule has 1 N–H and O–H groups in total. The summed E-state index contributed by atoms with van der Waals surface area (Å²) >= 11 is 7.47. The Labute approximate surface area is 175 Å². The molecule has 0 saturated carbocycles. The number of amides is 1. The van der Waals surface area contributed by atoms with Crippen LogP contribution in [-0.4, -0.2) is 47.7 Å². The first-order valence-electron chi connectivity index (χ1n) is 8.57. The second-order valence-electron chi connectivity index (χ2n) is 6.14. The molecule has 0 aromatic heterocycles. The summed E-state index contributed by atoms with van der Waals surface area (Å²) in [7, 11) is 0. The van der Waals surface area contributed by atoms with Gasteiger partial charge in [0, 0.05) is 30.2 Å². The quantitative estimate of drug-likeness (QED) is 0.715. The van der Waals surface area contributed by atoms with Crippen LogP contribution in [0.4, 0.5) is 0 Å². The normalized spacial score (nSPS) is 16.5. The van der Waals surface area contributed by atoms with E-state index in [1.165, 1.54) is 11.8 Å². The number of rotatable bonds is 6. The lowest BCUT2D eigenvalue weighted by Gasteiger charge is -2.36. The van der Waals surface area contributed by atoms with E-state index in [9.17, 15) is 9.59 Å². The van der Waals surface area contributed by atoms with Crippen LogP contribution in [0.3, 0.4) is 0 Å². The van der Waals surface area contributed by atoms with Crippen LogP contribution in [0.15, 0.2) is 54.6 Å². The standard InChI is InChI=1S/C20H21ClN2O2S.ClH/c21-17-8-4-7-16(11-17)18-12-22-9-10-23(18)20(25)14-26-13-19(24)15-5-2-1-3-6-15;/h1-8,11,18,22H,9-10,12-14H2;1H. The summed E-state index contributed by atoms with van der Waals surface area (Å²) in [5, 5.41) is 4.01. The van der Waals surface area contributed by atoms with Crippen LogP contribution in [0.5, 0.6) is 0 Å². The Morgan fingerprint density at radius 1 is 1.11 bits per heavy atom. The monoisotopic (exact) mass is 424 g/mol. The van der Waals surface area contributed by atoms with E-state index in [0.717, 1.165) is 12.1 Å². The van der Waals surface area contributed by atoms with E-state index in [4.69, 9.17) is 11.6 Å². The number of ketones is 1. The fraction of sp³-hybridized carbons (Fsp3) is 0.300. The van der Waals surface area contributed by atoms with E-state index in [-0.39, 0.29) is 30.1 Å². The molecule has 1 aliphatic rings. The Bertz CT molecular complexity index is 774. The molecule has 2 aromatic rings. The van der Waals surface area contributed by atoms with E-state index >= 15 is 0 Å². The Morgan fingerprint density at radius 3 is 2.63 bits per heavy atom. The zero-order valence-corrected chi connectivity index (χ0v) is 17.2. The highest BCUT2D eigenvalue weighted by atomic mass is 35.5. The third-order valence-corrected chi connectivity index (χ3v) is 5.50. The van der Waals surface area contributed by atoms with Crippen molar-refractivity contribution in [3.05, 3.63) is 70.7 Å². The molecule has 1 saturated heterocycles. The molecule has 3 rings (SSSR count). The number of nitrogens with one attached hydrogen (secondary N) is 1. The molecule has 0 bridgehead atoms. The van der Waals surface area contributed by atoms with Gasteiger partial charge in [-0.15, -0.1) is 24.2 Å². The van der Waals surface area contributed by atoms with Crippen molar-refractivity contribution in [3.8, 4) is 0 Å². The zero-order valence-electron chi connectivity index (χ0n) is 14.8. The lowest BCUT2D eigenvalue weighted by Crippen LogP contribution is -2.49. The molecular formula is C20H22Cl2N2O2S. The van der Waals surface area contributed by atoms with Crippen molar-refractivity contribution in [2.45, 2.75) is 6.04 Å². The van der Waals surface area contributed by atoms with E-state index in [1.54, 1.807) is 12.1 Å². The van der Waals surface area contributed by atoms with Crippen molar-refractivity contribution in [2.75, 3.05) is 31.1 Å². The van der Waals surface area contributed by atoms with Gasteiger partial charge in [0.25, 0.3) is 0 Å². The molecule has 144 valence electrons. The molecule has 1 heterocycles. The minimum atomic E-state index is -0.0274. The third kappa shape index (κ3) is 5.98.